The molecule has 39 heavy (non-hydrogen) atoms. The number of ether oxygens (including phenoxy) is 1. The second-order valence-electron chi connectivity index (χ2n) is 9.43. The molecule has 0 aliphatic carbocycles. The van der Waals surface area contributed by atoms with Crippen molar-refractivity contribution in [1.82, 2.24) is 19.4 Å². The van der Waals surface area contributed by atoms with E-state index in [4.69, 9.17) is 14.7 Å². The standard InChI is InChI=1S/C32H29N5O2/c1-39-27-15-12-24(13-16-27)14-17-29(38)35-18-20-36(21-19-35)31-30-28(25-8-4-2-5-9-25)22-37(32(30)34-23-33-31)26-10-6-3-7-11-26/h2-17,22-23H,18-21H2,1H3/b17-14+. The molecule has 7 nitrogen and oxygen atoms in total. The maximum absolute atomic E-state index is 12.9. The zero-order valence-electron chi connectivity index (χ0n) is 21.8. The lowest BCUT2D eigenvalue weighted by Gasteiger charge is -2.35. The van der Waals surface area contributed by atoms with E-state index in [0.29, 0.717) is 26.2 Å². The van der Waals surface area contributed by atoms with Gasteiger partial charge in [-0.05, 0) is 41.5 Å². The van der Waals surface area contributed by atoms with Crippen LogP contribution in [0.5, 0.6) is 5.75 Å². The molecule has 5 aromatic rings. The van der Waals surface area contributed by atoms with E-state index in [0.717, 1.165) is 45.0 Å². The number of piperazine rings is 1. The van der Waals surface area contributed by atoms with Crippen molar-refractivity contribution in [3.8, 4) is 22.6 Å². The molecule has 1 aliphatic heterocycles. The van der Waals surface area contributed by atoms with Gasteiger partial charge in [0, 0.05) is 49.7 Å². The number of rotatable bonds is 6. The summed E-state index contributed by atoms with van der Waals surface area (Å²) in [7, 11) is 1.64. The maximum atomic E-state index is 12.9. The molecule has 1 amide bonds. The molecule has 0 spiro atoms. The first-order valence-corrected chi connectivity index (χ1v) is 13.0. The molecule has 0 saturated carbocycles. The molecule has 1 aliphatic rings. The number of nitrogens with zero attached hydrogens (tertiary/aromatic N) is 5. The number of para-hydroxylation sites is 1. The Balaban J connectivity index is 1.26. The monoisotopic (exact) mass is 515 g/mol. The summed E-state index contributed by atoms with van der Waals surface area (Å²) in [5.41, 5.74) is 5.08. The second kappa shape index (κ2) is 10.8. The quantitative estimate of drug-likeness (QED) is 0.281. The first-order chi connectivity index (χ1) is 19.2. The van der Waals surface area contributed by atoms with Crippen molar-refractivity contribution in [2.75, 3.05) is 38.2 Å². The van der Waals surface area contributed by atoms with E-state index in [1.54, 1.807) is 19.5 Å². The summed E-state index contributed by atoms with van der Waals surface area (Å²) in [5.74, 6) is 1.70. The van der Waals surface area contributed by atoms with Crippen LogP contribution in [0.25, 0.3) is 33.9 Å². The highest BCUT2D eigenvalue weighted by molar-refractivity contribution is 6.02. The van der Waals surface area contributed by atoms with Gasteiger partial charge in [-0.2, -0.15) is 0 Å². The van der Waals surface area contributed by atoms with Crippen molar-refractivity contribution in [1.29, 1.82) is 0 Å². The van der Waals surface area contributed by atoms with E-state index < -0.39 is 0 Å². The molecule has 7 heteroatoms. The second-order valence-corrected chi connectivity index (χ2v) is 9.43. The van der Waals surface area contributed by atoms with E-state index in [-0.39, 0.29) is 5.91 Å². The number of carbonyl (C=O) groups excluding carboxylic acids is 1. The lowest BCUT2D eigenvalue weighted by molar-refractivity contribution is -0.126. The Hall–Kier alpha value is -4.91. The van der Waals surface area contributed by atoms with Crippen molar-refractivity contribution >= 4 is 28.8 Å². The van der Waals surface area contributed by atoms with Gasteiger partial charge in [-0.3, -0.25) is 4.79 Å². The van der Waals surface area contributed by atoms with Crippen LogP contribution in [0.3, 0.4) is 0 Å². The summed E-state index contributed by atoms with van der Waals surface area (Å²) < 4.78 is 7.34. The van der Waals surface area contributed by atoms with Gasteiger partial charge >= 0.3 is 0 Å². The summed E-state index contributed by atoms with van der Waals surface area (Å²) in [4.78, 5) is 26.5. The molecular weight excluding hydrogens is 486 g/mol. The van der Waals surface area contributed by atoms with Crippen LogP contribution in [0, 0.1) is 0 Å². The van der Waals surface area contributed by atoms with Gasteiger partial charge in [0.1, 0.15) is 17.9 Å². The number of hydrogen-bond acceptors (Lipinski definition) is 5. The number of hydrogen-bond donors (Lipinski definition) is 0. The van der Waals surface area contributed by atoms with E-state index >= 15 is 0 Å². The molecule has 1 saturated heterocycles. The molecule has 0 bridgehead atoms. The van der Waals surface area contributed by atoms with Gasteiger partial charge < -0.3 is 19.1 Å². The number of anilines is 1. The minimum atomic E-state index is 0.0125. The van der Waals surface area contributed by atoms with Crippen LogP contribution in [-0.2, 0) is 4.79 Å². The minimum Gasteiger partial charge on any atom is -0.497 e. The Labute approximate surface area is 227 Å². The molecular formula is C32H29N5O2. The number of carbonyl (C=O) groups is 1. The SMILES string of the molecule is COc1ccc(/C=C/C(=O)N2CCN(c3ncnc4c3c(-c3ccccc3)cn4-c3ccccc3)CC2)cc1. The molecule has 0 atom stereocenters. The molecule has 2 aromatic heterocycles. The van der Waals surface area contributed by atoms with Crippen LogP contribution < -0.4 is 9.64 Å². The van der Waals surface area contributed by atoms with Crippen LogP contribution in [0.2, 0.25) is 0 Å². The van der Waals surface area contributed by atoms with Crippen LogP contribution in [0.4, 0.5) is 5.82 Å². The lowest BCUT2D eigenvalue weighted by Crippen LogP contribution is -2.48. The zero-order chi connectivity index (χ0) is 26.6. The van der Waals surface area contributed by atoms with Gasteiger partial charge in [-0.1, -0.05) is 60.7 Å². The average molecular weight is 516 g/mol. The van der Waals surface area contributed by atoms with E-state index in [1.807, 2.05) is 71.6 Å². The predicted molar refractivity (Wildman–Crippen MR) is 155 cm³/mol. The number of benzene rings is 3. The first kappa shape index (κ1) is 24.4. The van der Waals surface area contributed by atoms with Crippen LogP contribution >= 0.6 is 0 Å². The van der Waals surface area contributed by atoms with Gasteiger partial charge in [0.15, 0.2) is 5.65 Å². The molecule has 0 unspecified atom stereocenters. The fourth-order valence-electron chi connectivity index (χ4n) is 5.03. The maximum Gasteiger partial charge on any atom is 0.246 e. The van der Waals surface area contributed by atoms with Crippen molar-refractivity contribution in [2.45, 2.75) is 0 Å². The van der Waals surface area contributed by atoms with Crippen molar-refractivity contribution < 1.29 is 9.53 Å². The Morgan fingerprint density at radius 1 is 0.846 bits per heavy atom. The number of fused-ring (bicyclic) bond motifs is 1. The normalized spacial score (nSPS) is 13.8. The Kier molecular flexibility index (Phi) is 6.78. The highest BCUT2D eigenvalue weighted by atomic mass is 16.5. The van der Waals surface area contributed by atoms with Crippen molar-refractivity contribution in [2.24, 2.45) is 0 Å². The van der Waals surface area contributed by atoms with Gasteiger partial charge in [0.05, 0.1) is 12.5 Å². The Morgan fingerprint density at radius 2 is 1.54 bits per heavy atom. The minimum absolute atomic E-state index is 0.0125. The number of amides is 1. The van der Waals surface area contributed by atoms with Gasteiger partial charge in [0.2, 0.25) is 5.91 Å². The third-order valence-electron chi connectivity index (χ3n) is 7.11. The summed E-state index contributed by atoms with van der Waals surface area (Å²) in [6, 6.07) is 28.3. The van der Waals surface area contributed by atoms with E-state index in [1.165, 1.54) is 0 Å². The van der Waals surface area contributed by atoms with Gasteiger partial charge in [-0.25, -0.2) is 9.97 Å². The fourth-order valence-corrected chi connectivity index (χ4v) is 5.03. The number of aromatic nitrogens is 3. The van der Waals surface area contributed by atoms with Gasteiger partial charge in [0.25, 0.3) is 0 Å². The molecule has 6 rings (SSSR count). The third-order valence-corrected chi connectivity index (χ3v) is 7.11. The van der Waals surface area contributed by atoms with Gasteiger partial charge in [-0.15, -0.1) is 0 Å². The third kappa shape index (κ3) is 4.99. The molecule has 0 N–H and O–H groups in total. The van der Waals surface area contributed by atoms with Crippen molar-refractivity contribution in [3.63, 3.8) is 0 Å². The molecule has 1 fully saturated rings. The topological polar surface area (TPSA) is 63.5 Å². The summed E-state index contributed by atoms with van der Waals surface area (Å²) >= 11 is 0. The average Bonchev–Trinajstić information content (AvgIpc) is 3.41. The highest BCUT2D eigenvalue weighted by Gasteiger charge is 2.25. The van der Waals surface area contributed by atoms with Crippen LogP contribution in [-0.4, -0.2) is 58.6 Å². The lowest BCUT2D eigenvalue weighted by atomic mass is 10.1. The molecule has 0 radical (unpaired) electrons. The predicted octanol–water partition coefficient (Wildman–Crippen LogP) is 5.46. The molecule has 194 valence electrons. The Morgan fingerprint density at radius 3 is 2.23 bits per heavy atom. The van der Waals surface area contributed by atoms with E-state index in [2.05, 4.69) is 39.9 Å². The first-order valence-electron chi connectivity index (χ1n) is 13.0. The summed E-state index contributed by atoms with van der Waals surface area (Å²) in [5, 5.41) is 1.02. The fraction of sp³-hybridized carbons (Fsp3) is 0.156. The highest BCUT2D eigenvalue weighted by Crippen LogP contribution is 2.37. The van der Waals surface area contributed by atoms with Crippen LogP contribution in [0.15, 0.2) is 104 Å². The largest absolute Gasteiger partial charge is 0.497 e. The van der Waals surface area contributed by atoms with Crippen molar-refractivity contribution in [3.05, 3.63) is 109 Å². The summed E-state index contributed by atoms with van der Waals surface area (Å²) in [6.45, 7) is 2.63. The molecule has 3 aromatic carbocycles. The van der Waals surface area contributed by atoms with Crippen LogP contribution in [0.1, 0.15) is 5.56 Å². The summed E-state index contributed by atoms with van der Waals surface area (Å²) in [6.07, 6.45) is 7.28. The van der Waals surface area contributed by atoms with E-state index in [9.17, 15) is 4.79 Å². The smallest absolute Gasteiger partial charge is 0.246 e. The Bertz CT molecular complexity index is 1600. The molecule has 3 heterocycles. The zero-order valence-corrected chi connectivity index (χ0v) is 21.8. The number of methoxy groups -OCH3 is 1.